The summed E-state index contributed by atoms with van der Waals surface area (Å²) in [6.45, 7) is 1.96. The molecule has 4 rings (SSSR count). The first-order chi connectivity index (χ1) is 10.0. The second-order valence-corrected chi connectivity index (χ2v) is 7.29. The molecular formula is C16H16BrNO3. The van der Waals surface area contributed by atoms with Crippen LogP contribution in [0.15, 0.2) is 22.7 Å². The molecule has 21 heavy (non-hydrogen) atoms. The fourth-order valence-corrected chi connectivity index (χ4v) is 4.82. The molecule has 5 atom stereocenters. The van der Waals surface area contributed by atoms with Crippen molar-refractivity contribution in [1.82, 2.24) is 0 Å². The van der Waals surface area contributed by atoms with Crippen molar-refractivity contribution in [3.05, 3.63) is 28.2 Å². The zero-order valence-corrected chi connectivity index (χ0v) is 13.2. The number of amides is 1. The highest BCUT2D eigenvalue weighted by atomic mass is 79.9. The van der Waals surface area contributed by atoms with Crippen LogP contribution in [-0.2, 0) is 14.3 Å². The van der Waals surface area contributed by atoms with Crippen LogP contribution in [0.4, 0.5) is 5.69 Å². The van der Waals surface area contributed by atoms with Gasteiger partial charge in [0.15, 0.2) is 0 Å². The SMILES string of the molecule is Cc1cc(Br)ccc1NC(=O)[C@@H]1[C@@H]2C[C@@H]3[C@H]1C(=O)O[C@@H]3C2. The van der Waals surface area contributed by atoms with Crippen LogP contribution in [0.5, 0.6) is 0 Å². The van der Waals surface area contributed by atoms with Gasteiger partial charge in [0.2, 0.25) is 5.91 Å². The number of ether oxygens (including phenoxy) is 1. The predicted molar refractivity (Wildman–Crippen MR) is 80.6 cm³/mol. The van der Waals surface area contributed by atoms with E-state index in [2.05, 4.69) is 21.2 Å². The number of fused-ring (bicyclic) bond motifs is 1. The van der Waals surface area contributed by atoms with Crippen LogP contribution in [0, 0.1) is 30.6 Å². The maximum atomic E-state index is 12.6. The van der Waals surface area contributed by atoms with E-state index in [-0.39, 0.29) is 35.7 Å². The maximum absolute atomic E-state index is 12.6. The summed E-state index contributed by atoms with van der Waals surface area (Å²) in [5, 5.41) is 3.00. The molecular weight excluding hydrogens is 334 g/mol. The van der Waals surface area contributed by atoms with E-state index < -0.39 is 0 Å². The van der Waals surface area contributed by atoms with E-state index in [9.17, 15) is 9.59 Å². The minimum Gasteiger partial charge on any atom is -0.462 e. The minimum atomic E-state index is -0.218. The predicted octanol–water partition coefficient (Wildman–Crippen LogP) is 2.89. The Bertz CT molecular complexity index is 642. The van der Waals surface area contributed by atoms with Crippen molar-refractivity contribution >= 4 is 33.5 Å². The minimum absolute atomic E-state index is 0.0322. The molecule has 110 valence electrons. The first kappa shape index (κ1) is 13.3. The molecule has 3 fully saturated rings. The monoisotopic (exact) mass is 349 g/mol. The maximum Gasteiger partial charge on any atom is 0.310 e. The summed E-state index contributed by atoms with van der Waals surface area (Å²) < 4.78 is 6.37. The van der Waals surface area contributed by atoms with Crippen LogP contribution in [-0.4, -0.2) is 18.0 Å². The Labute approximate surface area is 131 Å². The summed E-state index contributed by atoms with van der Waals surface area (Å²) in [6, 6.07) is 5.76. The quantitative estimate of drug-likeness (QED) is 0.835. The van der Waals surface area contributed by atoms with Gasteiger partial charge in [0, 0.05) is 16.1 Å². The Morgan fingerprint density at radius 1 is 1.38 bits per heavy atom. The van der Waals surface area contributed by atoms with Gasteiger partial charge in [0.05, 0.1) is 11.8 Å². The lowest BCUT2D eigenvalue weighted by Crippen LogP contribution is -2.36. The first-order valence-electron chi connectivity index (χ1n) is 7.32. The van der Waals surface area contributed by atoms with Crippen LogP contribution in [0.25, 0.3) is 0 Å². The van der Waals surface area contributed by atoms with E-state index in [0.717, 1.165) is 28.6 Å². The van der Waals surface area contributed by atoms with E-state index in [1.165, 1.54) is 0 Å². The fraction of sp³-hybridized carbons (Fsp3) is 0.500. The molecule has 1 aromatic rings. The van der Waals surface area contributed by atoms with Gasteiger partial charge in [-0.05, 0) is 49.4 Å². The summed E-state index contributed by atoms with van der Waals surface area (Å²) in [5.74, 6) is -0.0711. The van der Waals surface area contributed by atoms with Crippen LogP contribution in [0.1, 0.15) is 18.4 Å². The zero-order chi connectivity index (χ0) is 14.7. The van der Waals surface area contributed by atoms with E-state index in [1.807, 2.05) is 25.1 Å². The molecule has 0 radical (unpaired) electrons. The number of hydrogen-bond acceptors (Lipinski definition) is 3. The Kier molecular flexibility index (Phi) is 2.89. The molecule has 3 aliphatic rings. The molecule has 4 nitrogen and oxygen atoms in total. The van der Waals surface area contributed by atoms with Gasteiger partial charge < -0.3 is 10.1 Å². The Morgan fingerprint density at radius 2 is 2.19 bits per heavy atom. The van der Waals surface area contributed by atoms with Gasteiger partial charge in [0.1, 0.15) is 6.10 Å². The number of carbonyl (C=O) groups excluding carboxylic acids is 2. The van der Waals surface area contributed by atoms with Crippen molar-refractivity contribution in [2.75, 3.05) is 5.32 Å². The molecule has 1 heterocycles. The molecule has 2 bridgehead atoms. The summed E-state index contributed by atoms with van der Waals surface area (Å²) in [6.07, 6.45) is 1.88. The van der Waals surface area contributed by atoms with Crippen LogP contribution < -0.4 is 5.32 Å². The van der Waals surface area contributed by atoms with Gasteiger partial charge in [-0.3, -0.25) is 9.59 Å². The first-order valence-corrected chi connectivity index (χ1v) is 8.11. The summed E-state index contributed by atoms with van der Waals surface area (Å²) >= 11 is 3.42. The van der Waals surface area contributed by atoms with Gasteiger partial charge in [-0.25, -0.2) is 0 Å². The van der Waals surface area contributed by atoms with E-state index in [1.54, 1.807) is 0 Å². The number of benzene rings is 1. The number of carbonyl (C=O) groups is 2. The smallest absolute Gasteiger partial charge is 0.310 e. The van der Waals surface area contributed by atoms with Crippen molar-refractivity contribution in [3.8, 4) is 0 Å². The number of hydrogen-bond donors (Lipinski definition) is 1. The molecule has 1 aliphatic heterocycles. The van der Waals surface area contributed by atoms with Crippen molar-refractivity contribution in [3.63, 3.8) is 0 Å². The van der Waals surface area contributed by atoms with E-state index in [4.69, 9.17) is 4.74 Å². The number of esters is 1. The standard InChI is InChI=1S/C16H16BrNO3/c1-7-4-9(17)2-3-11(7)18-15(19)13-8-5-10-12(6-8)21-16(20)14(10)13/h2-4,8,10,12-14H,5-6H2,1H3,(H,18,19)/t8-,10+,12-,13-,14-/m1/s1. The lowest BCUT2D eigenvalue weighted by atomic mass is 9.79. The van der Waals surface area contributed by atoms with Gasteiger partial charge in [0.25, 0.3) is 0 Å². The summed E-state index contributed by atoms with van der Waals surface area (Å²) in [4.78, 5) is 24.6. The molecule has 2 aliphatic carbocycles. The fourth-order valence-electron chi connectivity index (χ4n) is 4.35. The third-order valence-electron chi connectivity index (χ3n) is 5.23. The highest BCUT2D eigenvalue weighted by Gasteiger charge is 2.63. The second-order valence-electron chi connectivity index (χ2n) is 6.37. The highest BCUT2D eigenvalue weighted by molar-refractivity contribution is 9.10. The van der Waals surface area contributed by atoms with Crippen LogP contribution in [0.2, 0.25) is 0 Å². The van der Waals surface area contributed by atoms with Gasteiger partial charge in [-0.2, -0.15) is 0 Å². The van der Waals surface area contributed by atoms with Gasteiger partial charge in [-0.1, -0.05) is 15.9 Å². The molecule has 5 heteroatoms. The van der Waals surface area contributed by atoms with Gasteiger partial charge >= 0.3 is 5.97 Å². The number of nitrogens with one attached hydrogen (secondary N) is 1. The Hall–Kier alpha value is -1.36. The highest BCUT2D eigenvalue weighted by Crippen LogP contribution is 2.57. The van der Waals surface area contributed by atoms with Crippen LogP contribution >= 0.6 is 15.9 Å². The lowest BCUT2D eigenvalue weighted by molar-refractivity contribution is -0.145. The number of halogens is 1. The van der Waals surface area contributed by atoms with Crippen molar-refractivity contribution in [2.24, 2.45) is 23.7 Å². The van der Waals surface area contributed by atoms with E-state index in [0.29, 0.717) is 5.92 Å². The molecule has 1 aromatic carbocycles. The van der Waals surface area contributed by atoms with Crippen molar-refractivity contribution in [1.29, 1.82) is 0 Å². The third kappa shape index (κ3) is 1.94. The topological polar surface area (TPSA) is 55.4 Å². The van der Waals surface area contributed by atoms with Crippen molar-refractivity contribution < 1.29 is 14.3 Å². The Balaban J connectivity index is 1.57. The third-order valence-corrected chi connectivity index (χ3v) is 5.73. The average Bonchev–Trinajstić information content (AvgIpc) is 3.02. The van der Waals surface area contributed by atoms with E-state index >= 15 is 0 Å². The van der Waals surface area contributed by atoms with Crippen LogP contribution in [0.3, 0.4) is 0 Å². The van der Waals surface area contributed by atoms with Crippen molar-refractivity contribution in [2.45, 2.75) is 25.9 Å². The lowest BCUT2D eigenvalue weighted by Gasteiger charge is -2.24. The molecule has 0 spiro atoms. The molecule has 0 aromatic heterocycles. The Morgan fingerprint density at radius 3 is 2.95 bits per heavy atom. The second kappa shape index (κ2) is 4.57. The number of anilines is 1. The summed E-state index contributed by atoms with van der Waals surface area (Å²) in [7, 11) is 0. The molecule has 1 saturated heterocycles. The number of aryl methyl sites for hydroxylation is 1. The molecule has 1 amide bonds. The zero-order valence-electron chi connectivity index (χ0n) is 11.6. The normalized spacial score (nSPS) is 35.9. The average molecular weight is 350 g/mol. The molecule has 1 N–H and O–H groups in total. The summed E-state index contributed by atoms with van der Waals surface area (Å²) in [5.41, 5.74) is 1.82. The van der Waals surface area contributed by atoms with Gasteiger partial charge in [-0.15, -0.1) is 0 Å². The number of rotatable bonds is 2. The molecule has 2 saturated carbocycles. The largest absolute Gasteiger partial charge is 0.462 e. The molecule has 0 unspecified atom stereocenters.